The number of benzene rings is 2. The Morgan fingerprint density at radius 1 is 0.842 bits per heavy atom. The van der Waals surface area contributed by atoms with Crippen LogP contribution in [-0.2, 0) is 12.8 Å². The van der Waals surface area contributed by atoms with Crippen molar-refractivity contribution in [3.05, 3.63) is 59.7 Å². The number of halogens is 1. The van der Waals surface area contributed by atoms with E-state index in [9.17, 15) is 10.2 Å². The van der Waals surface area contributed by atoms with Gasteiger partial charge in [-0.05, 0) is 36.1 Å². The van der Waals surface area contributed by atoms with Crippen molar-refractivity contribution in [2.24, 2.45) is 5.73 Å². The molecule has 0 saturated heterocycles. The third-order valence-electron chi connectivity index (χ3n) is 2.88. The van der Waals surface area contributed by atoms with Gasteiger partial charge in [-0.2, -0.15) is 0 Å². The van der Waals surface area contributed by atoms with E-state index in [0.717, 1.165) is 12.0 Å². The molecule has 1 atom stereocenters. The lowest BCUT2D eigenvalue weighted by molar-refractivity contribution is 0.403. The van der Waals surface area contributed by atoms with Crippen LogP contribution < -0.4 is 5.73 Å². The molecule has 0 bridgehead atoms. The minimum Gasteiger partial charge on any atom is -0.504 e. The maximum atomic E-state index is 9.41. The summed E-state index contributed by atoms with van der Waals surface area (Å²) in [5, 5.41) is 18.6. The monoisotopic (exact) mass is 323 g/mol. The van der Waals surface area contributed by atoms with Crippen molar-refractivity contribution >= 4 is 17.0 Å². The number of nitrogens with two attached hydrogens (primary N) is 1. The summed E-state index contributed by atoms with van der Waals surface area (Å²) in [7, 11) is 0. The van der Waals surface area contributed by atoms with Crippen LogP contribution in [0.15, 0.2) is 48.5 Å². The fraction of sp³-hybridized carbons (Fsp3) is 0.200. The highest BCUT2D eigenvalue weighted by atomic mass is 79.9. The van der Waals surface area contributed by atoms with Crippen LogP contribution in [0, 0.1) is 0 Å². The average molecular weight is 324 g/mol. The van der Waals surface area contributed by atoms with Gasteiger partial charge in [0.15, 0.2) is 11.5 Å². The molecule has 0 saturated carbocycles. The van der Waals surface area contributed by atoms with E-state index in [1.807, 2.05) is 30.3 Å². The van der Waals surface area contributed by atoms with Gasteiger partial charge in [-0.1, -0.05) is 36.4 Å². The predicted octanol–water partition coefficient (Wildman–Crippen LogP) is 2.79. The van der Waals surface area contributed by atoms with Crippen LogP contribution in [0.5, 0.6) is 11.5 Å². The third kappa shape index (κ3) is 4.58. The van der Waals surface area contributed by atoms with E-state index in [1.54, 1.807) is 12.1 Å². The fourth-order valence-electron chi connectivity index (χ4n) is 1.99. The standard InChI is InChI=1S/C15H17NO2.BrH/c16-13(8-11-4-2-1-3-5-11)9-12-6-7-14(17)15(18)10-12;/h1-7,10,13,17-18H,8-9,16H2;1H. The molecule has 102 valence electrons. The SMILES string of the molecule is Br.NC(Cc1ccccc1)Cc1ccc(O)c(O)c1. The largest absolute Gasteiger partial charge is 0.504 e. The molecule has 0 aliphatic heterocycles. The number of rotatable bonds is 4. The molecule has 0 fully saturated rings. The van der Waals surface area contributed by atoms with E-state index in [-0.39, 0.29) is 34.5 Å². The second kappa shape index (κ2) is 7.16. The first-order chi connectivity index (χ1) is 8.65. The van der Waals surface area contributed by atoms with Crippen LogP contribution in [0.1, 0.15) is 11.1 Å². The van der Waals surface area contributed by atoms with Crippen molar-refractivity contribution in [1.82, 2.24) is 0 Å². The van der Waals surface area contributed by atoms with Crippen LogP contribution in [0.2, 0.25) is 0 Å². The Balaban J connectivity index is 0.00000180. The molecule has 0 aliphatic rings. The molecule has 19 heavy (non-hydrogen) atoms. The Labute approximate surface area is 123 Å². The molecule has 1 unspecified atom stereocenters. The van der Waals surface area contributed by atoms with Crippen LogP contribution in [0.4, 0.5) is 0 Å². The lowest BCUT2D eigenvalue weighted by Crippen LogP contribution is -2.25. The third-order valence-corrected chi connectivity index (χ3v) is 2.88. The molecule has 0 radical (unpaired) electrons. The van der Waals surface area contributed by atoms with Gasteiger partial charge in [-0.25, -0.2) is 0 Å². The summed E-state index contributed by atoms with van der Waals surface area (Å²) in [4.78, 5) is 0. The highest BCUT2D eigenvalue weighted by Gasteiger charge is 2.07. The fourth-order valence-corrected chi connectivity index (χ4v) is 1.99. The molecule has 0 aromatic heterocycles. The average Bonchev–Trinajstić information content (AvgIpc) is 2.35. The minimum atomic E-state index is -0.101. The zero-order chi connectivity index (χ0) is 13.0. The predicted molar refractivity (Wildman–Crippen MR) is 81.9 cm³/mol. The van der Waals surface area contributed by atoms with E-state index in [2.05, 4.69) is 0 Å². The van der Waals surface area contributed by atoms with Gasteiger partial charge < -0.3 is 15.9 Å². The van der Waals surface area contributed by atoms with Crippen molar-refractivity contribution in [3.8, 4) is 11.5 Å². The number of hydrogen-bond donors (Lipinski definition) is 3. The molecule has 3 nitrogen and oxygen atoms in total. The lowest BCUT2D eigenvalue weighted by Gasteiger charge is -2.12. The van der Waals surface area contributed by atoms with Crippen molar-refractivity contribution in [3.63, 3.8) is 0 Å². The van der Waals surface area contributed by atoms with Gasteiger partial charge in [0.25, 0.3) is 0 Å². The smallest absolute Gasteiger partial charge is 0.157 e. The summed E-state index contributed by atoms with van der Waals surface area (Å²) in [5.74, 6) is -0.199. The Morgan fingerprint density at radius 3 is 2.11 bits per heavy atom. The molecular weight excluding hydrogens is 306 g/mol. The molecular formula is C15H18BrNO2. The van der Waals surface area contributed by atoms with E-state index >= 15 is 0 Å². The van der Waals surface area contributed by atoms with Crippen molar-refractivity contribution < 1.29 is 10.2 Å². The summed E-state index contributed by atoms with van der Waals surface area (Å²) in [6.07, 6.45) is 1.46. The van der Waals surface area contributed by atoms with Gasteiger partial charge >= 0.3 is 0 Å². The van der Waals surface area contributed by atoms with Crippen LogP contribution in [-0.4, -0.2) is 16.3 Å². The Bertz CT molecular complexity index is 517. The summed E-state index contributed by atoms with van der Waals surface area (Å²) in [5.41, 5.74) is 8.21. The van der Waals surface area contributed by atoms with Gasteiger partial charge in [0, 0.05) is 6.04 Å². The highest BCUT2D eigenvalue weighted by molar-refractivity contribution is 8.93. The van der Waals surface area contributed by atoms with Crippen LogP contribution in [0.25, 0.3) is 0 Å². The number of hydrogen-bond acceptors (Lipinski definition) is 3. The second-order valence-electron chi connectivity index (χ2n) is 4.48. The molecule has 0 aliphatic carbocycles. The first-order valence-electron chi connectivity index (χ1n) is 5.95. The van der Waals surface area contributed by atoms with Gasteiger partial charge in [0.2, 0.25) is 0 Å². The lowest BCUT2D eigenvalue weighted by atomic mass is 9.99. The number of phenols is 2. The molecule has 4 heteroatoms. The Hall–Kier alpha value is -1.52. The molecule has 2 aromatic carbocycles. The number of phenolic OH excluding ortho intramolecular Hbond substituents is 2. The molecule has 0 amide bonds. The zero-order valence-electron chi connectivity index (χ0n) is 10.5. The summed E-state index contributed by atoms with van der Waals surface area (Å²) >= 11 is 0. The van der Waals surface area contributed by atoms with E-state index in [1.165, 1.54) is 11.6 Å². The summed E-state index contributed by atoms with van der Waals surface area (Å²) in [6, 6.07) is 14.9. The molecule has 0 spiro atoms. The van der Waals surface area contributed by atoms with E-state index in [4.69, 9.17) is 5.73 Å². The van der Waals surface area contributed by atoms with Gasteiger partial charge in [-0.3, -0.25) is 0 Å². The van der Waals surface area contributed by atoms with Gasteiger partial charge in [-0.15, -0.1) is 17.0 Å². The Morgan fingerprint density at radius 2 is 1.47 bits per heavy atom. The Kier molecular flexibility index (Phi) is 5.86. The second-order valence-corrected chi connectivity index (χ2v) is 4.48. The summed E-state index contributed by atoms with van der Waals surface area (Å²) in [6.45, 7) is 0. The minimum absolute atomic E-state index is 0. The zero-order valence-corrected chi connectivity index (χ0v) is 12.2. The van der Waals surface area contributed by atoms with Crippen molar-refractivity contribution in [1.29, 1.82) is 0 Å². The van der Waals surface area contributed by atoms with Gasteiger partial charge in [0.1, 0.15) is 0 Å². The van der Waals surface area contributed by atoms with Crippen molar-refractivity contribution in [2.75, 3.05) is 0 Å². The maximum Gasteiger partial charge on any atom is 0.157 e. The number of aromatic hydroxyl groups is 2. The van der Waals surface area contributed by atoms with E-state index < -0.39 is 0 Å². The summed E-state index contributed by atoms with van der Waals surface area (Å²) < 4.78 is 0. The first-order valence-corrected chi connectivity index (χ1v) is 5.95. The maximum absolute atomic E-state index is 9.41. The first kappa shape index (κ1) is 15.5. The van der Waals surface area contributed by atoms with Gasteiger partial charge in [0.05, 0.1) is 0 Å². The normalized spacial score (nSPS) is 11.6. The quantitative estimate of drug-likeness (QED) is 0.758. The van der Waals surface area contributed by atoms with Crippen LogP contribution in [0.3, 0.4) is 0 Å². The molecule has 2 aromatic rings. The molecule has 0 heterocycles. The molecule has 4 N–H and O–H groups in total. The van der Waals surface area contributed by atoms with Crippen LogP contribution >= 0.6 is 17.0 Å². The topological polar surface area (TPSA) is 66.5 Å². The highest BCUT2D eigenvalue weighted by Crippen LogP contribution is 2.25. The molecule has 2 rings (SSSR count). The van der Waals surface area contributed by atoms with E-state index in [0.29, 0.717) is 6.42 Å². The van der Waals surface area contributed by atoms with Crippen molar-refractivity contribution in [2.45, 2.75) is 18.9 Å².